The minimum absolute atomic E-state index is 0.0799. The van der Waals surface area contributed by atoms with E-state index in [1.165, 1.54) is 44.5 Å². The molecule has 0 fully saturated rings. The van der Waals surface area contributed by atoms with Gasteiger partial charge in [0.15, 0.2) is 0 Å². The summed E-state index contributed by atoms with van der Waals surface area (Å²) in [6.45, 7) is 4.35. The average Bonchev–Trinajstić information content (AvgIpc) is 3.33. The number of fused-ring (bicyclic) bond motifs is 7. The fraction of sp³-hybridized carbons (Fsp3) is 0.250. The molecule has 0 radical (unpaired) electrons. The normalized spacial score (nSPS) is 21.6. The topological polar surface area (TPSA) is 26.0 Å². The minimum atomic E-state index is -0.430. The van der Waals surface area contributed by atoms with E-state index in [9.17, 15) is 0 Å². The highest BCUT2D eigenvalue weighted by Gasteiger charge is 2.66. The summed E-state index contributed by atoms with van der Waals surface area (Å²) in [7, 11) is 0. The molecule has 0 saturated carbocycles. The van der Waals surface area contributed by atoms with Crippen molar-refractivity contribution in [2.24, 2.45) is 5.73 Å². The number of benzene rings is 4. The number of hydrogen-bond acceptors (Lipinski definition) is 1. The SMILES string of the molecule is CCC(N)(CC)c1ccc(C2(Br)C(Br)c3ccccc3C23c2ccccc2-c2ccccc23)cc1. The van der Waals surface area contributed by atoms with E-state index in [1.54, 1.807) is 0 Å². The summed E-state index contributed by atoms with van der Waals surface area (Å²) in [6, 6.07) is 35.9. The zero-order valence-corrected chi connectivity index (χ0v) is 23.2. The predicted octanol–water partition coefficient (Wildman–Crippen LogP) is 8.72. The highest BCUT2D eigenvalue weighted by molar-refractivity contribution is 9.12. The van der Waals surface area contributed by atoms with Crippen LogP contribution in [0.5, 0.6) is 0 Å². The van der Waals surface area contributed by atoms with Crippen molar-refractivity contribution in [1.82, 2.24) is 0 Å². The smallest absolute Gasteiger partial charge is 0.0849 e. The Morgan fingerprint density at radius 1 is 0.714 bits per heavy atom. The van der Waals surface area contributed by atoms with Crippen molar-refractivity contribution in [3.05, 3.63) is 130 Å². The molecule has 0 heterocycles. The van der Waals surface area contributed by atoms with Crippen molar-refractivity contribution in [1.29, 1.82) is 0 Å². The fourth-order valence-corrected chi connectivity index (χ4v) is 8.80. The van der Waals surface area contributed by atoms with Crippen LogP contribution in [0.2, 0.25) is 0 Å². The second-order valence-corrected chi connectivity index (χ2v) is 12.1. The van der Waals surface area contributed by atoms with Gasteiger partial charge in [-0.25, -0.2) is 0 Å². The molecule has 2 aliphatic rings. The Morgan fingerprint density at radius 2 is 1.20 bits per heavy atom. The summed E-state index contributed by atoms with van der Waals surface area (Å²) >= 11 is 8.65. The molecule has 1 spiro atoms. The van der Waals surface area contributed by atoms with Crippen molar-refractivity contribution < 1.29 is 0 Å². The Labute approximate surface area is 225 Å². The van der Waals surface area contributed by atoms with Gasteiger partial charge in [0.1, 0.15) is 0 Å². The van der Waals surface area contributed by atoms with Crippen LogP contribution in [0.1, 0.15) is 64.9 Å². The summed E-state index contributed by atoms with van der Waals surface area (Å²) in [6.07, 6.45) is 1.83. The second kappa shape index (κ2) is 8.16. The van der Waals surface area contributed by atoms with Gasteiger partial charge in [-0.05, 0) is 57.3 Å². The number of hydrogen-bond donors (Lipinski definition) is 1. The lowest BCUT2D eigenvalue weighted by Gasteiger charge is -2.44. The molecular formula is C32H29Br2N. The Bertz CT molecular complexity index is 1370. The zero-order valence-electron chi connectivity index (χ0n) is 20.1. The van der Waals surface area contributed by atoms with Crippen LogP contribution in [0.4, 0.5) is 0 Å². The lowest BCUT2D eigenvalue weighted by Crippen LogP contribution is -2.43. The highest BCUT2D eigenvalue weighted by atomic mass is 79.9. The van der Waals surface area contributed by atoms with Crippen LogP contribution < -0.4 is 5.73 Å². The Kier molecular flexibility index (Phi) is 5.41. The van der Waals surface area contributed by atoms with Crippen LogP contribution in [-0.4, -0.2) is 0 Å². The van der Waals surface area contributed by atoms with Gasteiger partial charge < -0.3 is 5.73 Å². The van der Waals surface area contributed by atoms with Crippen LogP contribution >= 0.6 is 31.9 Å². The molecule has 1 nitrogen and oxygen atoms in total. The first kappa shape index (κ1) is 23.2. The van der Waals surface area contributed by atoms with Crippen molar-refractivity contribution >= 4 is 31.9 Å². The molecule has 2 atom stereocenters. The molecule has 2 unspecified atom stereocenters. The zero-order chi connectivity index (χ0) is 24.4. The maximum absolute atomic E-state index is 6.77. The van der Waals surface area contributed by atoms with Crippen LogP contribution in [0.15, 0.2) is 97.1 Å². The summed E-state index contributed by atoms with van der Waals surface area (Å²) < 4.78 is -0.430. The van der Waals surface area contributed by atoms with Gasteiger partial charge in [-0.1, -0.05) is 143 Å². The molecule has 176 valence electrons. The van der Waals surface area contributed by atoms with Crippen molar-refractivity contribution in [2.45, 2.75) is 46.8 Å². The predicted molar refractivity (Wildman–Crippen MR) is 153 cm³/mol. The molecule has 2 N–H and O–H groups in total. The summed E-state index contributed by atoms with van der Waals surface area (Å²) in [4.78, 5) is 0.0799. The average molecular weight is 587 g/mol. The molecule has 0 saturated heterocycles. The first-order valence-corrected chi connectivity index (χ1v) is 14.2. The maximum Gasteiger partial charge on any atom is 0.0849 e. The molecular weight excluding hydrogens is 558 g/mol. The van der Waals surface area contributed by atoms with Crippen LogP contribution in [0, 0.1) is 0 Å². The van der Waals surface area contributed by atoms with Crippen LogP contribution in [0.25, 0.3) is 11.1 Å². The third-order valence-corrected chi connectivity index (χ3v) is 11.9. The van der Waals surface area contributed by atoms with Gasteiger partial charge in [0.25, 0.3) is 0 Å². The number of alkyl halides is 2. The van der Waals surface area contributed by atoms with E-state index >= 15 is 0 Å². The van der Waals surface area contributed by atoms with Crippen molar-refractivity contribution in [3.8, 4) is 11.1 Å². The van der Waals surface area contributed by atoms with Crippen LogP contribution in [0.3, 0.4) is 0 Å². The lowest BCUT2D eigenvalue weighted by atomic mass is 9.65. The van der Waals surface area contributed by atoms with E-state index in [0.717, 1.165) is 12.8 Å². The lowest BCUT2D eigenvalue weighted by molar-refractivity contribution is 0.412. The third kappa shape index (κ3) is 2.84. The van der Waals surface area contributed by atoms with Crippen molar-refractivity contribution in [2.75, 3.05) is 0 Å². The van der Waals surface area contributed by atoms with E-state index < -0.39 is 4.32 Å². The first-order valence-electron chi connectivity index (χ1n) is 12.4. The van der Waals surface area contributed by atoms with Gasteiger partial charge in [0, 0.05) is 5.54 Å². The molecule has 4 aromatic carbocycles. The minimum Gasteiger partial charge on any atom is -0.321 e. The Morgan fingerprint density at radius 3 is 1.74 bits per heavy atom. The summed E-state index contributed by atoms with van der Waals surface area (Å²) in [5, 5.41) is 0. The molecule has 35 heavy (non-hydrogen) atoms. The molecule has 4 aromatic rings. The number of rotatable bonds is 4. The molecule has 0 aromatic heterocycles. The molecule has 0 aliphatic heterocycles. The number of halogens is 2. The quantitative estimate of drug-likeness (QED) is 0.238. The van der Waals surface area contributed by atoms with E-state index in [2.05, 4.69) is 143 Å². The van der Waals surface area contributed by atoms with E-state index in [0.29, 0.717) is 0 Å². The van der Waals surface area contributed by atoms with Gasteiger partial charge in [0.05, 0.1) is 14.6 Å². The maximum atomic E-state index is 6.77. The Balaban J connectivity index is 1.68. The molecule has 3 heteroatoms. The molecule has 0 bridgehead atoms. The monoisotopic (exact) mass is 585 g/mol. The molecule has 0 amide bonds. The van der Waals surface area contributed by atoms with E-state index in [-0.39, 0.29) is 15.8 Å². The van der Waals surface area contributed by atoms with Crippen molar-refractivity contribution in [3.63, 3.8) is 0 Å². The fourth-order valence-electron chi connectivity index (χ4n) is 6.64. The van der Waals surface area contributed by atoms with Gasteiger partial charge in [-0.2, -0.15) is 0 Å². The standard InChI is InChI=1S/C32H29Br2N/c1-3-30(35,4-2)21-17-19-22(20-18-21)32(34)29(33)25-13-7-10-16-28(25)31(32)26-14-8-5-11-23(26)24-12-6-9-15-27(24)31/h5-20,29H,3-4,35H2,1-2H3. The van der Waals surface area contributed by atoms with E-state index in [1.807, 2.05) is 0 Å². The second-order valence-electron chi connectivity index (χ2n) is 9.94. The van der Waals surface area contributed by atoms with Gasteiger partial charge in [-0.3, -0.25) is 0 Å². The Hall–Kier alpha value is -2.20. The molecule has 6 rings (SSSR count). The van der Waals surface area contributed by atoms with E-state index in [4.69, 9.17) is 5.73 Å². The number of nitrogens with two attached hydrogens (primary N) is 1. The molecule has 2 aliphatic carbocycles. The third-order valence-electron chi connectivity index (χ3n) is 8.63. The van der Waals surface area contributed by atoms with Crippen LogP contribution in [-0.2, 0) is 15.3 Å². The summed E-state index contributed by atoms with van der Waals surface area (Å²) in [5.74, 6) is 0. The largest absolute Gasteiger partial charge is 0.321 e. The highest BCUT2D eigenvalue weighted by Crippen LogP contribution is 2.73. The van der Waals surface area contributed by atoms with Gasteiger partial charge >= 0.3 is 0 Å². The summed E-state index contributed by atoms with van der Waals surface area (Å²) in [5.41, 5.74) is 16.6. The first-order chi connectivity index (χ1) is 16.9. The van der Waals surface area contributed by atoms with Gasteiger partial charge in [-0.15, -0.1) is 0 Å². The van der Waals surface area contributed by atoms with Gasteiger partial charge in [0.2, 0.25) is 0 Å².